The fourth-order valence-electron chi connectivity index (χ4n) is 2.94. The molecule has 2 aliphatic rings. The van der Waals surface area contributed by atoms with Crippen molar-refractivity contribution in [2.75, 3.05) is 50.9 Å². The minimum absolute atomic E-state index is 0.0176. The highest BCUT2D eigenvalue weighted by atomic mass is 16.5. The highest BCUT2D eigenvalue weighted by molar-refractivity contribution is 5.92. The third kappa shape index (κ3) is 3.60. The van der Waals surface area contributed by atoms with Crippen LogP contribution in [0, 0.1) is 5.92 Å². The van der Waals surface area contributed by atoms with Crippen molar-refractivity contribution in [3.05, 3.63) is 18.1 Å². The molecule has 2 N–H and O–H groups in total. The first-order chi connectivity index (χ1) is 11.2. The van der Waals surface area contributed by atoms with Crippen LogP contribution in [0.25, 0.3) is 0 Å². The van der Waals surface area contributed by atoms with E-state index in [1.165, 1.54) is 6.20 Å². The quantitative estimate of drug-likeness (QED) is 0.746. The fraction of sp³-hybridized carbons (Fsp3) is 0.667. The number of hydrogen-bond donors (Lipinski definition) is 2. The number of piperidine rings is 1. The molecule has 0 aliphatic carbocycles. The van der Waals surface area contributed by atoms with E-state index in [-0.39, 0.29) is 18.4 Å². The molecule has 23 heavy (non-hydrogen) atoms. The van der Waals surface area contributed by atoms with E-state index in [1.807, 2.05) is 4.90 Å². The van der Waals surface area contributed by atoms with Crippen molar-refractivity contribution >= 4 is 11.7 Å². The summed E-state index contributed by atoms with van der Waals surface area (Å²) in [7, 11) is 0. The maximum absolute atomic E-state index is 12.5. The van der Waals surface area contributed by atoms with Crippen LogP contribution in [0.1, 0.15) is 16.9 Å². The van der Waals surface area contributed by atoms with Crippen molar-refractivity contribution in [3.8, 4) is 0 Å². The van der Waals surface area contributed by atoms with E-state index in [2.05, 4.69) is 9.97 Å². The Balaban J connectivity index is 1.71. The van der Waals surface area contributed by atoms with Gasteiger partial charge in [0.15, 0.2) is 0 Å². The maximum Gasteiger partial charge on any atom is 0.274 e. The summed E-state index contributed by atoms with van der Waals surface area (Å²) < 4.78 is 5.25. The molecule has 2 atom stereocenters. The first-order valence-electron chi connectivity index (χ1n) is 7.92. The van der Waals surface area contributed by atoms with Crippen LogP contribution in [-0.2, 0) is 4.74 Å². The predicted octanol–water partition coefficient (Wildman–Crippen LogP) is -0.871. The monoisotopic (exact) mass is 322 g/mol. The van der Waals surface area contributed by atoms with Crippen LogP contribution in [0.5, 0.6) is 0 Å². The molecule has 8 nitrogen and oxygen atoms in total. The molecule has 3 rings (SSSR count). The van der Waals surface area contributed by atoms with Crippen molar-refractivity contribution < 1.29 is 19.7 Å². The lowest BCUT2D eigenvalue weighted by atomic mass is 9.95. The number of ether oxygens (including phenoxy) is 1. The fourth-order valence-corrected chi connectivity index (χ4v) is 2.94. The minimum atomic E-state index is -0.603. The Bertz CT molecular complexity index is 550. The van der Waals surface area contributed by atoms with Crippen LogP contribution < -0.4 is 4.90 Å². The molecule has 2 aliphatic heterocycles. The number of anilines is 1. The molecule has 2 fully saturated rings. The number of carbonyl (C=O) groups is 1. The van der Waals surface area contributed by atoms with E-state index in [1.54, 1.807) is 11.1 Å². The van der Waals surface area contributed by atoms with Gasteiger partial charge in [0.2, 0.25) is 0 Å². The first kappa shape index (κ1) is 16.1. The Morgan fingerprint density at radius 1 is 1.30 bits per heavy atom. The third-order valence-corrected chi connectivity index (χ3v) is 4.42. The average Bonchev–Trinajstić information content (AvgIpc) is 2.62. The molecule has 0 radical (unpaired) electrons. The molecule has 1 aromatic rings. The van der Waals surface area contributed by atoms with Gasteiger partial charge in [-0.15, -0.1) is 0 Å². The molecule has 1 aromatic heterocycles. The Kier molecular flexibility index (Phi) is 5.04. The van der Waals surface area contributed by atoms with Crippen LogP contribution in [-0.4, -0.2) is 83.1 Å². The summed E-state index contributed by atoms with van der Waals surface area (Å²) in [5.74, 6) is 0.338. The van der Waals surface area contributed by atoms with Crippen molar-refractivity contribution in [1.29, 1.82) is 0 Å². The van der Waals surface area contributed by atoms with E-state index >= 15 is 0 Å². The molecule has 2 saturated heterocycles. The van der Waals surface area contributed by atoms with E-state index in [0.717, 1.165) is 0 Å². The van der Waals surface area contributed by atoms with Gasteiger partial charge in [-0.25, -0.2) is 4.98 Å². The highest BCUT2D eigenvalue weighted by Gasteiger charge is 2.28. The van der Waals surface area contributed by atoms with Crippen LogP contribution >= 0.6 is 0 Å². The van der Waals surface area contributed by atoms with Crippen LogP contribution in [0.2, 0.25) is 0 Å². The molecule has 0 bridgehead atoms. The van der Waals surface area contributed by atoms with E-state index < -0.39 is 6.10 Å². The van der Waals surface area contributed by atoms with Gasteiger partial charge in [0, 0.05) is 38.7 Å². The molecule has 0 unspecified atom stereocenters. The zero-order chi connectivity index (χ0) is 16.2. The van der Waals surface area contributed by atoms with E-state index in [9.17, 15) is 15.0 Å². The molecule has 0 aromatic carbocycles. The van der Waals surface area contributed by atoms with Gasteiger partial charge in [0.05, 0.1) is 31.7 Å². The standard InChI is InChI=1S/C15H22N4O4/c20-10-11-1-2-19(9-13(11)21)14-8-16-7-12(17-14)15(22)18-3-5-23-6-4-18/h7-8,11,13,20-21H,1-6,9-10H2/t11-,13+/m1/s1. The Hall–Kier alpha value is -1.77. The number of β-amino-alcohol motifs (C(OH)–C–C–N with tert-alkyl or cyclic N) is 1. The normalized spacial score (nSPS) is 25.5. The number of rotatable bonds is 3. The van der Waals surface area contributed by atoms with Gasteiger partial charge in [0.25, 0.3) is 5.91 Å². The molecule has 0 spiro atoms. The van der Waals surface area contributed by atoms with Crippen molar-refractivity contribution in [2.45, 2.75) is 12.5 Å². The van der Waals surface area contributed by atoms with Gasteiger partial charge in [0.1, 0.15) is 11.5 Å². The minimum Gasteiger partial charge on any atom is -0.396 e. The molecular formula is C15H22N4O4. The average molecular weight is 322 g/mol. The van der Waals surface area contributed by atoms with Crippen molar-refractivity contribution in [2.24, 2.45) is 5.92 Å². The maximum atomic E-state index is 12.5. The molecule has 126 valence electrons. The van der Waals surface area contributed by atoms with E-state index in [4.69, 9.17) is 4.74 Å². The number of nitrogens with zero attached hydrogens (tertiary/aromatic N) is 4. The lowest BCUT2D eigenvalue weighted by Gasteiger charge is -2.35. The summed E-state index contributed by atoms with van der Waals surface area (Å²) >= 11 is 0. The third-order valence-electron chi connectivity index (χ3n) is 4.42. The smallest absolute Gasteiger partial charge is 0.274 e. The summed E-state index contributed by atoms with van der Waals surface area (Å²) in [5.41, 5.74) is 0.308. The molecule has 3 heterocycles. The second-order valence-corrected chi connectivity index (χ2v) is 5.91. The number of morpholine rings is 1. The SMILES string of the molecule is O=C(c1cncc(N2CC[C@H](CO)[C@@H](O)C2)n1)N1CCOCC1. The van der Waals surface area contributed by atoms with Crippen LogP contribution in [0.4, 0.5) is 5.82 Å². The van der Waals surface area contributed by atoms with E-state index in [0.29, 0.717) is 57.3 Å². The number of aliphatic hydroxyl groups excluding tert-OH is 2. The number of aliphatic hydroxyl groups is 2. The van der Waals surface area contributed by atoms with Crippen molar-refractivity contribution in [1.82, 2.24) is 14.9 Å². The van der Waals surface area contributed by atoms with Gasteiger partial charge in [-0.3, -0.25) is 9.78 Å². The lowest BCUT2D eigenvalue weighted by Crippen LogP contribution is -2.45. The summed E-state index contributed by atoms with van der Waals surface area (Å²) in [6.45, 7) is 3.24. The Labute approximate surface area is 134 Å². The van der Waals surface area contributed by atoms with Gasteiger partial charge in [-0.1, -0.05) is 0 Å². The molecule has 8 heteroatoms. The Morgan fingerprint density at radius 2 is 2.09 bits per heavy atom. The second-order valence-electron chi connectivity index (χ2n) is 5.91. The van der Waals surface area contributed by atoms with Crippen LogP contribution in [0.3, 0.4) is 0 Å². The van der Waals surface area contributed by atoms with Gasteiger partial charge in [-0.05, 0) is 6.42 Å². The number of amides is 1. The number of aromatic nitrogens is 2. The lowest BCUT2D eigenvalue weighted by molar-refractivity contribution is 0.0298. The largest absolute Gasteiger partial charge is 0.396 e. The highest BCUT2D eigenvalue weighted by Crippen LogP contribution is 2.22. The molecule has 0 saturated carbocycles. The molecule has 1 amide bonds. The zero-order valence-electron chi connectivity index (χ0n) is 13.0. The summed E-state index contributed by atoms with van der Waals surface area (Å²) in [6, 6.07) is 0. The predicted molar refractivity (Wildman–Crippen MR) is 82.2 cm³/mol. The summed E-state index contributed by atoms with van der Waals surface area (Å²) in [5, 5.41) is 19.3. The molecular weight excluding hydrogens is 300 g/mol. The second kappa shape index (κ2) is 7.20. The van der Waals surface area contributed by atoms with Gasteiger partial charge >= 0.3 is 0 Å². The number of hydrogen-bond acceptors (Lipinski definition) is 7. The van der Waals surface area contributed by atoms with Crippen molar-refractivity contribution in [3.63, 3.8) is 0 Å². The van der Waals surface area contributed by atoms with Gasteiger partial charge in [-0.2, -0.15) is 0 Å². The van der Waals surface area contributed by atoms with Crippen LogP contribution in [0.15, 0.2) is 12.4 Å². The Morgan fingerprint density at radius 3 is 2.78 bits per heavy atom. The van der Waals surface area contributed by atoms with Gasteiger partial charge < -0.3 is 24.7 Å². The topological polar surface area (TPSA) is 99.0 Å². The summed E-state index contributed by atoms with van der Waals surface area (Å²) in [6.07, 6.45) is 3.15. The first-order valence-corrected chi connectivity index (χ1v) is 7.92. The summed E-state index contributed by atoms with van der Waals surface area (Å²) in [4.78, 5) is 24.6. The number of carbonyl (C=O) groups excluding carboxylic acids is 1. The zero-order valence-corrected chi connectivity index (χ0v) is 13.0.